The van der Waals surface area contributed by atoms with E-state index in [1.165, 1.54) is 17.0 Å². The molecule has 29 heavy (non-hydrogen) atoms. The van der Waals surface area contributed by atoms with E-state index in [0.29, 0.717) is 10.8 Å². The van der Waals surface area contributed by atoms with Crippen LogP contribution in [0.15, 0.2) is 48.5 Å². The topological polar surface area (TPSA) is 93.2 Å². The molecule has 148 valence electrons. The molecule has 2 unspecified atom stereocenters. The van der Waals surface area contributed by atoms with Crippen LogP contribution in [0.3, 0.4) is 0 Å². The van der Waals surface area contributed by atoms with E-state index in [9.17, 15) is 19.2 Å². The number of fused-ring (bicyclic) bond motifs is 1. The van der Waals surface area contributed by atoms with E-state index in [4.69, 9.17) is 9.57 Å². The van der Waals surface area contributed by atoms with Gasteiger partial charge in [0.2, 0.25) is 5.91 Å². The van der Waals surface area contributed by atoms with Crippen molar-refractivity contribution in [1.82, 2.24) is 9.96 Å². The number of ether oxygens (including phenoxy) is 1. The van der Waals surface area contributed by atoms with Gasteiger partial charge in [-0.2, -0.15) is 0 Å². The van der Waals surface area contributed by atoms with Gasteiger partial charge < -0.3 is 14.5 Å². The number of hydrogen-bond acceptors (Lipinski definition) is 6. The number of benzene rings is 2. The molecular weight excluding hydrogens is 376 g/mol. The standard InChI is InChI=1S/C21H18N2O6/c1-22-17(24)11-16(18(22)12-7-9-13(28-2)10-8-12)21(27)29-23-19(25)14-5-3-4-6-15(14)20(23)26/h3-10,16,18H,11H2,1-2H3. The van der Waals surface area contributed by atoms with Crippen molar-refractivity contribution in [3.63, 3.8) is 0 Å². The third-order valence-corrected chi connectivity index (χ3v) is 5.28. The normalized spacial score (nSPS) is 20.8. The van der Waals surface area contributed by atoms with Gasteiger partial charge >= 0.3 is 5.97 Å². The predicted molar refractivity (Wildman–Crippen MR) is 99.6 cm³/mol. The van der Waals surface area contributed by atoms with E-state index in [-0.39, 0.29) is 23.5 Å². The summed E-state index contributed by atoms with van der Waals surface area (Å²) in [4.78, 5) is 56.7. The molecule has 2 heterocycles. The summed E-state index contributed by atoms with van der Waals surface area (Å²) in [6.07, 6.45) is -0.0742. The molecule has 0 bridgehead atoms. The molecule has 0 N–H and O–H groups in total. The Morgan fingerprint density at radius 1 is 0.966 bits per heavy atom. The highest BCUT2D eigenvalue weighted by atomic mass is 16.7. The molecule has 0 aliphatic carbocycles. The van der Waals surface area contributed by atoms with Crippen molar-refractivity contribution in [2.75, 3.05) is 14.2 Å². The van der Waals surface area contributed by atoms with Crippen molar-refractivity contribution in [2.45, 2.75) is 12.5 Å². The van der Waals surface area contributed by atoms with Crippen LogP contribution in [0, 0.1) is 5.92 Å². The molecule has 3 amide bonds. The Labute approximate surface area is 166 Å². The number of hydrogen-bond donors (Lipinski definition) is 0. The lowest BCUT2D eigenvalue weighted by Crippen LogP contribution is -2.36. The highest BCUT2D eigenvalue weighted by Gasteiger charge is 2.46. The van der Waals surface area contributed by atoms with Crippen molar-refractivity contribution in [3.05, 3.63) is 65.2 Å². The van der Waals surface area contributed by atoms with E-state index >= 15 is 0 Å². The number of carbonyl (C=O) groups excluding carboxylic acids is 4. The van der Waals surface area contributed by atoms with Gasteiger partial charge in [0.25, 0.3) is 11.8 Å². The zero-order valence-electron chi connectivity index (χ0n) is 15.8. The molecule has 1 saturated heterocycles. The molecule has 2 aromatic carbocycles. The van der Waals surface area contributed by atoms with Gasteiger partial charge in [0, 0.05) is 13.5 Å². The minimum Gasteiger partial charge on any atom is -0.497 e. The van der Waals surface area contributed by atoms with Gasteiger partial charge in [-0.3, -0.25) is 14.4 Å². The van der Waals surface area contributed by atoms with Crippen LogP contribution in [0.1, 0.15) is 38.7 Å². The molecule has 2 aliphatic rings. The highest BCUT2D eigenvalue weighted by Crippen LogP contribution is 2.38. The Bertz CT molecular complexity index is 981. The van der Waals surface area contributed by atoms with Crippen molar-refractivity contribution in [2.24, 2.45) is 5.92 Å². The summed E-state index contributed by atoms with van der Waals surface area (Å²) < 4.78 is 5.14. The van der Waals surface area contributed by atoms with Crippen LogP contribution >= 0.6 is 0 Å². The molecule has 0 spiro atoms. The Hall–Kier alpha value is -3.68. The number of likely N-dealkylation sites (tertiary alicyclic amines) is 1. The molecule has 8 nitrogen and oxygen atoms in total. The fourth-order valence-corrected chi connectivity index (χ4v) is 3.75. The average molecular weight is 394 g/mol. The number of hydroxylamine groups is 2. The fraction of sp³-hybridized carbons (Fsp3) is 0.238. The Kier molecular flexibility index (Phi) is 4.54. The number of methoxy groups -OCH3 is 1. The summed E-state index contributed by atoms with van der Waals surface area (Å²) in [5.74, 6) is -2.64. The summed E-state index contributed by atoms with van der Waals surface area (Å²) in [6, 6.07) is 12.7. The van der Waals surface area contributed by atoms with Crippen molar-refractivity contribution in [3.8, 4) is 5.75 Å². The van der Waals surface area contributed by atoms with E-state index in [2.05, 4.69) is 0 Å². The molecule has 2 atom stereocenters. The minimum absolute atomic E-state index is 0.0742. The lowest BCUT2D eigenvalue weighted by molar-refractivity contribution is -0.174. The largest absolute Gasteiger partial charge is 0.497 e. The zero-order chi connectivity index (χ0) is 20.7. The van der Waals surface area contributed by atoms with E-state index in [0.717, 1.165) is 5.56 Å². The van der Waals surface area contributed by atoms with Crippen LogP contribution in [-0.4, -0.2) is 47.8 Å². The van der Waals surface area contributed by atoms with Crippen LogP contribution in [0.4, 0.5) is 0 Å². The van der Waals surface area contributed by atoms with Crippen molar-refractivity contribution in [1.29, 1.82) is 0 Å². The second-order valence-corrected chi connectivity index (χ2v) is 6.89. The van der Waals surface area contributed by atoms with Gasteiger partial charge in [-0.25, -0.2) is 4.79 Å². The van der Waals surface area contributed by atoms with Gasteiger partial charge in [-0.1, -0.05) is 29.3 Å². The number of imide groups is 1. The van der Waals surface area contributed by atoms with Crippen LogP contribution < -0.4 is 4.74 Å². The number of amides is 3. The SMILES string of the molecule is COc1ccc(C2C(C(=O)ON3C(=O)c4ccccc4C3=O)CC(=O)N2C)cc1. The van der Waals surface area contributed by atoms with Gasteiger partial charge in [0.05, 0.1) is 30.2 Å². The van der Waals surface area contributed by atoms with Gasteiger partial charge in [-0.15, -0.1) is 0 Å². The van der Waals surface area contributed by atoms with Crippen molar-refractivity contribution < 1.29 is 28.8 Å². The van der Waals surface area contributed by atoms with E-state index < -0.39 is 29.7 Å². The fourth-order valence-electron chi connectivity index (χ4n) is 3.75. The summed E-state index contributed by atoms with van der Waals surface area (Å²) >= 11 is 0. The summed E-state index contributed by atoms with van der Waals surface area (Å²) in [5, 5.41) is 0.473. The van der Waals surface area contributed by atoms with Crippen LogP contribution in [0.25, 0.3) is 0 Å². The molecular formula is C21H18N2O6. The number of nitrogens with zero attached hydrogens (tertiary/aromatic N) is 2. The Balaban J connectivity index is 1.58. The van der Waals surface area contributed by atoms with Gasteiger partial charge in [0.15, 0.2) is 0 Å². The van der Waals surface area contributed by atoms with Gasteiger partial charge in [-0.05, 0) is 29.8 Å². The maximum atomic E-state index is 12.9. The molecule has 4 rings (SSSR count). The lowest BCUT2D eigenvalue weighted by atomic mass is 9.94. The zero-order valence-corrected chi connectivity index (χ0v) is 15.8. The third kappa shape index (κ3) is 3.02. The Morgan fingerprint density at radius 2 is 1.55 bits per heavy atom. The maximum absolute atomic E-state index is 12.9. The number of rotatable bonds is 4. The van der Waals surface area contributed by atoms with Crippen LogP contribution in [0.5, 0.6) is 5.75 Å². The predicted octanol–water partition coefficient (Wildman–Crippen LogP) is 1.97. The molecule has 2 aliphatic heterocycles. The maximum Gasteiger partial charge on any atom is 0.339 e. The van der Waals surface area contributed by atoms with Crippen LogP contribution in [0.2, 0.25) is 0 Å². The minimum atomic E-state index is -0.856. The second kappa shape index (κ2) is 7.05. The summed E-state index contributed by atoms with van der Waals surface area (Å²) in [6.45, 7) is 0. The lowest BCUT2D eigenvalue weighted by Gasteiger charge is -2.25. The molecule has 0 aromatic heterocycles. The molecule has 0 radical (unpaired) electrons. The monoisotopic (exact) mass is 394 g/mol. The second-order valence-electron chi connectivity index (χ2n) is 6.89. The highest BCUT2D eigenvalue weighted by molar-refractivity contribution is 6.20. The first kappa shape index (κ1) is 18.7. The summed E-state index contributed by atoms with van der Waals surface area (Å²) in [7, 11) is 3.15. The molecule has 8 heteroatoms. The third-order valence-electron chi connectivity index (χ3n) is 5.28. The molecule has 1 fully saturated rings. The van der Waals surface area contributed by atoms with E-state index in [1.807, 2.05) is 0 Å². The first-order valence-corrected chi connectivity index (χ1v) is 9.01. The van der Waals surface area contributed by atoms with Gasteiger partial charge in [0.1, 0.15) is 5.75 Å². The summed E-state index contributed by atoms with van der Waals surface area (Å²) in [5.41, 5.74) is 1.08. The smallest absolute Gasteiger partial charge is 0.339 e. The number of carbonyl (C=O) groups is 4. The van der Waals surface area contributed by atoms with Crippen molar-refractivity contribution >= 4 is 23.7 Å². The molecule has 0 saturated carbocycles. The average Bonchev–Trinajstić information content (AvgIpc) is 3.17. The first-order chi connectivity index (χ1) is 13.9. The Morgan fingerprint density at radius 3 is 2.10 bits per heavy atom. The van der Waals surface area contributed by atoms with Crippen LogP contribution in [-0.2, 0) is 14.4 Å². The first-order valence-electron chi connectivity index (χ1n) is 9.01. The van der Waals surface area contributed by atoms with E-state index in [1.54, 1.807) is 50.6 Å². The quantitative estimate of drug-likeness (QED) is 0.736. The molecule has 2 aromatic rings.